The molecular formula is C14H22N4O3. The summed E-state index contributed by atoms with van der Waals surface area (Å²) in [7, 11) is 0. The summed E-state index contributed by atoms with van der Waals surface area (Å²) in [5, 5.41) is 10.8. The van der Waals surface area contributed by atoms with Gasteiger partial charge in [-0.1, -0.05) is 19.1 Å². The molecule has 1 aliphatic carbocycles. The number of hydrogen-bond donors (Lipinski definition) is 1. The Balaban J connectivity index is 2.04. The minimum atomic E-state index is -0.463. The van der Waals surface area contributed by atoms with Crippen LogP contribution in [0.4, 0.5) is 0 Å². The van der Waals surface area contributed by atoms with Crippen molar-refractivity contribution in [3.8, 4) is 0 Å². The van der Waals surface area contributed by atoms with Gasteiger partial charge in [-0.2, -0.15) is 0 Å². The van der Waals surface area contributed by atoms with Crippen LogP contribution in [0.3, 0.4) is 0 Å². The van der Waals surface area contributed by atoms with Crippen LogP contribution in [-0.4, -0.2) is 39.5 Å². The quantitative estimate of drug-likeness (QED) is 0.765. The summed E-state index contributed by atoms with van der Waals surface area (Å²) in [4.78, 5) is 23.6. The number of aromatic nitrogens is 3. The molecule has 7 nitrogen and oxygen atoms in total. The number of amides is 1. The van der Waals surface area contributed by atoms with Crippen LogP contribution in [0.2, 0.25) is 0 Å². The van der Waals surface area contributed by atoms with Crippen molar-refractivity contribution in [2.75, 3.05) is 6.61 Å². The highest BCUT2D eigenvalue weighted by Gasteiger charge is 2.25. The van der Waals surface area contributed by atoms with Gasteiger partial charge in [0.05, 0.1) is 18.8 Å². The normalized spacial score (nSPS) is 14.3. The van der Waals surface area contributed by atoms with Crippen molar-refractivity contribution >= 4 is 11.9 Å². The summed E-state index contributed by atoms with van der Waals surface area (Å²) >= 11 is 0. The molecule has 1 fully saturated rings. The lowest BCUT2D eigenvalue weighted by atomic mass is 10.1. The van der Waals surface area contributed by atoms with E-state index in [1.165, 1.54) is 0 Å². The van der Waals surface area contributed by atoms with E-state index < -0.39 is 5.97 Å². The minimum absolute atomic E-state index is 0.0143. The number of rotatable bonds is 7. The molecule has 0 atom stereocenters. The third-order valence-electron chi connectivity index (χ3n) is 3.28. The van der Waals surface area contributed by atoms with Gasteiger partial charge in [0.15, 0.2) is 5.69 Å². The molecule has 21 heavy (non-hydrogen) atoms. The number of carbonyl (C=O) groups excluding carboxylic acids is 2. The van der Waals surface area contributed by atoms with Gasteiger partial charge in [0.25, 0.3) is 0 Å². The minimum Gasteiger partial charge on any atom is -0.461 e. The molecule has 1 amide bonds. The predicted octanol–water partition coefficient (Wildman–Crippen LogP) is 1.25. The number of aryl methyl sites for hydroxylation is 1. The van der Waals surface area contributed by atoms with Crippen LogP contribution in [0.5, 0.6) is 0 Å². The van der Waals surface area contributed by atoms with Crippen LogP contribution in [-0.2, 0) is 16.1 Å². The van der Waals surface area contributed by atoms with Crippen molar-refractivity contribution in [1.29, 1.82) is 0 Å². The molecule has 0 unspecified atom stereocenters. The first-order chi connectivity index (χ1) is 10.0. The van der Waals surface area contributed by atoms with Crippen LogP contribution in [0.15, 0.2) is 0 Å². The monoisotopic (exact) mass is 294 g/mol. The van der Waals surface area contributed by atoms with Gasteiger partial charge in [0.1, 0.15) is 0 Å². The lowest BCUT2D eigenvalue weighted by Crippen LogP contribution is -2.26. The smallest absolute Gasteiger partial charge is 0.360 e. The van der Waals surface area contributed by atoms with Gasteiger partial charge >= 0.3 is 5.97 Å². The van der Waals surface area contributed by atoms with E-state index in [0.29, 0.717) is 31.3 Å². The maximum Gasteiger partial charge on any atom is 0.360 e. The number of ether oxygens (including phenoxy) is 1. The third kappa shape index (κ3) is 4.03. The largest absolute Gasteiger partial charge is 0.461 e. The Labute approximate surface area is 124 Å². The van der Waals surface area contributed by atoms with E-state index in [0.717, 1.165) is 12.8 Å². The van der Waals surface area contributed by atoms with E-state index in [1.54, 1.807) is 11.6 Å². The van der Waals surface area contributed by atoms with Crippen LogP contribution in [0.1, 0.15) is 62.1 Å². The zero-order valence-corrected chi connectivity index (χ0v) is 12.8. The average Bonchev–Trinajstić information content (AvgIpc) is 3.12. The standard InChI is InChI=1S/C14H22N4O3/c1-4-21-14(20)12-13(9(2)3)18(17-16-12)8-7-11(19)15-10-5-6-10/h9-10H,4-8H2,1-3H3,(H,15,19). The Morgan fingerprint density at radius 3 is 2.71 bits per heavy atom. The highest BCUT2D eigenvalue weighted by molar-refractivity contribution is 5.88. The van der Waals surface area contributed by atoms with E-state index in [-0.39, 0.29) is 17.5 Å². The molecule has 0 radical (unpaired) electrons. The second-order valence-electron chi connectivity index (χ2n) is 5.51. The number of nitrogens with one attached hydrogen (secondary N) is 1. The highest BCUT2D eigenvalue weighted by Crippen LogP contribution is 2.20. The number of nitrogens with zero attached hydrogens (tertiary/aromatic N) is 3. The molecule has 1 N–H and O–H groups in total. The summed E-state index contributed by atoms with van der Waals surface area (Å²) in [6.07, 6.45) is 2.47. The van der Waals surface area contributed by atoms with Gasteiger partial charge in [0, 0.05) is 12.5 Å². The Kier molecular flexibility index (Phi) is 4.93. The van der Waals surface area contributed by atoms with Gasteiger partial charge < -0.3 is 10.1 Å². The van der Waals surface area contributed by atoms with Crippen LogP contribution < -0.4 is 5.32 Å². The van der Waals surface area contributed by atoms with Crippen LogP contribution in [0, 0.1) is 0 Å². The summed E-state index contributed by atoms with van der Waals surface area (Å²) in [6.45, 7) is 6.38. The molecule has 7 heteroatoms. The maximum atomic E-state index is 11.9. The summed E-state index contributed by atoms with van der Waals surface area (Å²) in [5.41, 5.74) is 0.960. The zero-order chi connectivity index (χ0) is 15.4. The van der Waals surface area contributed by atoms with Crippen molar-refractivity contribution in [2.45, 2.75) is 58.5 Å². The number of hydrogen-bond acceptors (Lipinski definition) is 5. The summed E-state index contributed by atoms with van der Waals surface area (Å²) < 4.78 is 6.61. The van der Waals surface area contributed by atoms with E-state index in [2.05, 4.69) is 15.6 Å². The second kappa shape index (κ2) is 6.69. The summed E-state index contributed by atoms with van der Waals surface area (Å²) in [5.74, 6) is -0.374. The second-order valence-corrected chi connectivity index (χ2v) is 5.51. The maximum absolute atomic E-state index is 11.9. The number of esters is 1. The molecule has 1 aliphatic rings. The summed E-state index contributed by atoms with van der Waals surface area (Å²) in [6, 6.07) is 0.355. The first-order valence-corrected chi connectivity index (χ1v) is 7.42. The van der Waals surface area contributed by atoms with Gasteiger partial charge in [-0.15, -0.1) is 5.10 Å². The SMILES string of the molecule is CCOC(=O)c1nnn(CCC(=O)NC2CC2)c1C(C)C. The molecule has 0 bridgehead atoms. The Hall–Kier alpha value is -1.92. The molecule has 0 aliphatic heterocycles. The molecule has 0 saturated heterocycles. The lowest BCUT2D eigenvalue weighted by Gasteiger charge is -2.10. The lowest BCUT2D eigenvalue weighted by molar-refractivity contribution is -0.121. The molecule has 2 rings (SSSR count). The predicted molar refractivity (Wildman–Crippen MR) is 75.8 cm³/mol. The molecule has 1 heterocycles. The van der Waals surface area contributed by atoms with E-state index in [9.17, 15) is 9.59 Å². The molecule has 1 aromatic heterocycles. The molecular weight excluding hydrogens is 272 g/mol. The van der Waals surface area contributed by atoms with Gasteiger partial charge in [-0.05, 0) is 25.7 Å². The molecule has 1 saturated carbocycles. The Bertz CT molecular complexity index is 520. The Morgan fingerprint density at radius 2 is 2.14 bits per heavy atom. The van der Waals surface area contributed by atoms with Gasteiger partial charge in [-0.3, -0.25) is 4.79 Å². The highest BCUT2D eigenvalue weighted by atomic mass is 16.5. The molecule has 116 valence electrons. The fourth-order valence-electron chi connectivity index (χ4n) is 2.14. The fourth-order valence-corrected chi connectivity index (χ4v) is 2.14. The van der Waals surface area contributed by atoms with E-state index in [1.807, 2.05) is 13.8 Å². The average molecular weight is 294 g/mol. The Morgan fingerprint density at radius 1 is 1.43 bits per heavy atom. The third-order valence-corrected chi connectivity index (χ3v) is 3.28. The molecule has 0 spiro atoms. The van der Waals surface area contributed by atoms with Crippen molar-refractivity contribution < 1.29 is 14.3 Å². The van der Waals surface area contributed by atoms with Crippen LogP contribution in [0.25, 0.3) is 0 Å². The van der Waals surface area contributed by atoms with E-state index >= 15 is 0 Å². The van der Waals surface area contributed by atoms with Gasteiger partial charge in [0.2, 0.25) is 5.91 Å². The fraction of sp³-hybridized carbons (Fsp3) is 0.714. The number of carbonyl (C=O) groups is 2. The topological polar surface area (TPSA) is 86.1 Å². The first kappa shape index (κ1) is 15.5. The molecule has 1 aromatic rings. The van der Waals surface area contributed by atoms with Crippen molar-refractivity contribution in [1.82, 2.24) is 20.3 Å². The van der Waals surface area contributed by atoms with E-state index in [4.69, 9.17) is 4.74 Å². The van der Waals surface area contributed by atoms with Gasteiger partial charge in [-0.25, -0.2) is 9.48 Å². The van der Waals surface area contributed by atoms with Crippen molar-refractivity contribution in [3.05, 3.63) is 11.4 Å². The van der Waals surface area contributed by atoms with Crippen molar-refractivity contribution in [3.63, 3.8) is 0 Å². The molecule has 0 aromatic carbocycles. The van der Waals surface area contributed by atoms with Crippen LogP contribution >= 0.6 is 0 Å². The first-order valence-electron chi connectivity index (χ1n) is 7.42. The van der Waals surface area contributed by atoms with Crippen molar-refractivity contribution in [2.24, 2.45) is 0 Å². The zero-order valence-electron chi connectivity index (χ0n) is 12.8.